The number of carbonyl (C=O) groups excluding carboxylic acids is 2. The van der Waals surface area contributed by atoms with Crippen molar-refractivity contribution >= 4 is 23.6 Å². The van der Waals surface area contributed by atoms with Crippen LogP contribution in [0.4, 0.5) is 14.9 Å². The lowest BCUT2D eigenvalue weighted by Gasteiger charge is -2.16. The molecular formula is C11H12FN3O4. The molecule has 0 radical (unpaired) electrons. The monoisotopic (exact) mass is 269 g/mol. The van der Waals surface area contributed by atoms with Crippen LogP contribution in [0.2, 0.25) is 0 Å². The molecule has 1 aromatic carbocycles. The van der Waals surface area contributed by atoms with Gasteiger partial charge >= 0.3 is 12.0 Å². The fraction of sp³-hybridized carbons (Fsp3) is 0.182. The molecule has 1 rings (SSSR count). The van der Waals surface area contributed by atoms with Crippen molar-refractivity contribution in [3.05, 3.63) is 29.6 Å². The SMILES string of the molecule is CN(CC(N)=O)C(=O)Nc1ccc(F)c(C(=O)O)c1. The molecule has 0 atom stereocenters. The van der Waals surface area contributed by atoms with Gasteiger partial charge in [0.2, 0.25) is 5.91 Å². The Bertz CT molecular complexity index is 533. The van der Waals surface area contributed by atoms with Gasteiger partial charge in [0.25, 0.3) is 0 Å². The minimum atomic E-state index is -1.45. The van der Waals surface area contributed by atoms with E-state index in [1.165, 1.54) is 13.1 Å². The number of anilines is 1. The van der Waals surface area contributed by atoms with E-state index in [1.54, 1.807) is 0 Å². The number of halogens is 1. The van der Waals surface area contributed by atoms with Crippen LogP contribution in [0.1, 0.15) is 10.4 Å². The normalized spacial score (nSPS) is 9.79. The molecule has 102 valence electrons. The van der Waals surface area contributed by atoms with E-state index in [9.17, 15) is 18.8 Å². The highest BCUT2D eigenvalue weighted by Crippen LogP contribution is 2.15. The standard InChI is InChI=1S/C11H12FN3O4/c1-15(5-9(13)16)11(19)14-6-2-3-8(12)7(4-6)10(17)18/h2-4H,5H2,1H3,(H2,13,16)(H,14,19)(H,17,18). The second-order valence-corrected chi connectivity index (χ2v) is 3.75. The second-order valence-electron chi connectivity index (χ2n) is 3.75. The van der Waals surface area contributed by atoms with E-state index in [2.05, 4.69) is 5.32 Å². The van der Waals surface area contributed by atoms with Crippen LogP contribution in [0.3, 0.4) is 0 Å². The molecule has 0 saturated carbocycles. The van der Waals surface area contributed by atoms with E-state index in [-0.39, 0.29) is 12.2 Å². The fourth-order valence-corrected chi connectivity index (χ4v) is 1.29. The number of nitrogens with two attached hydrogens (primary N) is 1. The second kappa shape index (κ2) is 5.80. The molecule has 4 N–H and O–H groups in total. The van der Waals surface area contributed by atoms with Crippen LogP contribution in [0, 0.1) is 5.82 Å². The summed E-state index contributed by atoms with van der Waals surface area (Å²) in [6.07, 6.45) is 0. The molecule has 0 fully saturated rings. The summed E-state index contributed by atoms with van der Waals surface area (Å²) in [6, 6.07) is 2.44. The van der Waals surface area contributed by atoms with Crippen LogP contribution in [0.5, 0.6) is 0 Å². The number of carboxylic acid groups (broad SMARTS) is 1. The molecule has 0 aromatic heterocycles. The Labute approximate surface area is 107 Å². The Morgan fingerprint density at radius 3 is 2.58 bits per heavy atom. The minimum Gasteiger partial charge on any atom is -0.478 e. The predicted molar refractivity (Wildman–Crippen MR) is 64.2 cm³/mol. The zero-order chi connectivity index (χ0) is 14.6. The number of carboxylic acids is 1. The first-order valence-corrected chi connectivity index (χ1v) is 5.14. The van der Waals surface area contributed by atoms with Gasteiger partial charge in [0, 0.05) is 12.7 Å². The average Bonchev–Trinajstić information content (AvgIpc) is 2.30. The van der Waals surface area contributed by atoms with Gasteiger partial charge in [0.1, 0.15) is 12.4 Å². The highest BCUT2D eigenvalue weighted by molar-refractivity contribution is 5.94. The number of hydrogen-bond donors (Lipinski definition) is 3. The summed E-state index contributed by atoms with van der Waals surface area (Å²) in [7, 11) is 1.34. The number of carbonyl (C=O) groups is 3. The number of nitrogens with one attached hydrogen (secondary N) is 1. The fourth-order valence-electron chi connectivity index (χ4n) is 1.29. The first kappa shape index (κ1) is 14.4. The van der Waals surface area contributed by atoms with Gasteiger partial charge < -0.3 is 21.1 Å². The molecule has 0 spiro atoms. The molecule has 8 heteroatoms. The summed E-state index contributed by atoms with van der Waals surface area (Å²) in [5.74, 6) is -3.04. The quantitative estimate of drug-likeness (QED) is 0.737. The van der Waals surface area contributed by atoms with Gasteiger partial charge in [-0.05, 0) is 18.2 Å². The maximum Gasteiger partial charge on any atom is 0.338 e. The Morgan fingerprint density at radius 1 is 1.42 bits per heavy atom. The van der Waals surface area contributed by atoms with Gasteiger partial charge in [-0.2, -0.15) is 0 Å². The number of aromatic carboxylic acids is 1. The average molecular weight is 269 g/mol. The molecule has 7 nitrogen and oxygen atoms in total. The van der Waals surface area contributed by atoms with Crippen LogP contribution >= 0.6 is 0 Å². The van der Waals surface area contributed by atoms with Crippen LogP contribution in [0.25, 0.3) is 0 Å². The number of benzene rings is 1. The number of primary amides is 1. The number of likely N-dealkylation sites (N-methyl/N-ethyl adjacent to an activating group) is 1. The van der Waals surface area contributed by atoms with Gasteiger partial charge in [0.15, 0.2) is 0 Å². The molecule has 0 saturated heterocycles. The minimum absolute atomic E-state index is 0.0973. The third kappa shape index (κ3) is 3.95. The third-order valence-corrected chi connectivity index (χ3v) is 2.19. The van der Waals surface area contributed by atoms with E-state index >= 15 is 0 Å². The Morgan fingerprint density at radius 2 is 2.05 bits per heavy atom. The first-order chi connectivity index (χ1) is 8.81. The van der Waals surface area contributed by atoms with Crippen molar-refractivity contribution in [2.45, 2.75) is 0 Å². The van der Waals surface area contributed by atoms with Gasteiger partial charge in [-0.1, -0.05) is 0 Å². The van der Waals surface area contributed by atoms with Gasteiger partial charge in [0.05, 0.1) is 5.56 Å². The summed E-state index contributed by atoms with van der Waals surface area (Å²) < 4.78 is 13.1. The number of amides is 3. The van der Waals surface area contributed by atoms with Gasteiger partial charge in [-0.25, -0.2) is 14.0 Å². The van der Waals surface area contributed by atoms with E-state index in [4.69, 9.17) is 10.8 Å². The molecule has 3 amide bonds. The number of urea groups is 1. The molecule has 19 heavy (non-hydrogen) atoms. The zero-order valence-corrected chi connectivity index (χ0v) is 10.0. The largest absolute Gasteiger partial charge is 0.478 e. The first-order valence-electron chi connectivity index (χ1n) is 5.14. The predicted octanol–water partition coefficient (Wildman–Crippen LogP) is 0.473. The highest BCUT2D eigenvalue weighted by atomic mass is 19.1. The molecule has 0 aliphatic rings. The van der Waals surface area contributed by atoms with Crippen molar-refractivity contribution in [2.24, 2.45) is 5.73 Å². The summed E-state index contributed by atoms with van der Waals surface area (Å²) in [5.41, 5.74) is 4.46. The summed E-state index contributed by atoms with van der Waals surface area (Å²) in [4.78, 5) is 33.9. The third-order valence-electron chi connectivity index (χ3n) is 2.19. The number of nitrogens with zero attached hydrogens (tertiary/aromatic N) is 1. The zero-order valence-electron chi connectivity index (χ0n) is 10.0. The Balaban J connectivity index is 2.83. The van der Waals surface area contributed by atoms with Gasteiger partial charge in [-0.3, -0.25) is 4.79 Å². The lowest BCUT2D eigenvalue weighted by Crippen LogP contribution is -2.38. The molecule has 0 aliphatic carbocycles. The van der Waals surface area contributed by atoms with Crippen molar-refractivity contribution in [3.63, 3.8) is 0 Å². The smallest absolute Gasteiger partial charge is 0.338 e. The molecular weight excluding hydrogens is 257 g/mol. The lowest BCUT2D eigenvalue weighted by molar-refractivity contribution is -0.118. The van der Waals surface area contributed by atoms with Crippen LogP contribution < -0.4 is 11.1 Å². The molecule has 0 bridgehead atoms. The highest BCUT2D eigenvalue weighted by Gasteiger charge is 2.14. The molecule has 0 unspecified atom stereocenters. The van der Waals surface area contributed by atoms with Crippen molar-refractivity contribution in [3.8, 4) is 0 Å². The summed E-state index contributed by atoms with van der Waals surface area (Å²) in [5, 5.41) is 11.0. The lowest BCUT2D eigenvalue weighted by atomic mass is 10.2. The van der Waals surface area contributed by atoms with Crippen LogP contribution in [-0.4, -0.2) is 41.5 Å². The molecule has 0 aliphatic heterocycles. The maximum atomic E-state index is 13.1. The molecule has 1 aromatic rings. The van der Waals surface area contributed by atoms with Gasteiger partial charge in [-0.15, -0.1) is 0 Å². The van der Waals surface area contributed by atoms with E-state index in [0.29, 0.717) is 0 Å². The summed E-state index contributed by atoms with van der Waals surface area (Å²) >= 11 is 0. The van der Waals surface area contributed by atoms with Crippen LogP contribution in [0.15, 0.2) is 18.2 Å². The number of rotatable bonds is 4. The Kier molecular flexibility index (Phi) is 4.41. The number of hydrogen-bond acceptors (Lipinski definition) is 3. The van der Waals surface area contributed by atoms with Crippen molar-refractivity contribution < 1.29 is 23.9 Å². The molecule has 0 heterocycles. The Hall–Kier alpha value is -2.64. The van der Waals surface area contributed by atoms with Crippen molar-refractivity contribution in [1.29, 1.82) is 0 Å². The maximum absolute atomic E-state index is 13.1. The topological polar surface area (TPSA) is 113 Å². The summed E-state index contributed by atoms with van der Waals surface area (Å²) in [6.45, 7) is -0.293. The van der Waals surface area contributed by atoms with Crippen molar-refractivity contribution in [2.75, 3.05) is 18.9 Å². The van der Waals surface area contributed by atoms with E-state index in [0.717, 1.165) is 17.0 Å². The van der Waals surface area contributed by atoms with E-state index in [1.807, 2.05) is 0 Å². The van der Waals surface area contributed by atoms with Crippen molar-refractivity contribution in [1.82, 2.24) is 4.90 Å². The van der Waals surface area contributed by atoms with Crippen LogP contribution in [-0.2, 0) is 4.79 Å². The van der Waals surface area contributed by atoms with E-state index < -0.39 is 29.3 Å².